The van der Waals surface area contributed by atoms with E-state index in [4.69, 9.17) is 9.98 Å². The Balaban J connectivity index is 0.00000136. The molecule has 31 heavy (non-hydrogen) atoms. The zero-order valence-corrected chi connectivity index (χ0v) is 20.3. The van der Waals surface area contributed by atoms with Crippen molar-refractivity contribution in [2.24, 2.45) is 9.98 Å². The number of thioether (sulfide) groups is 2. The lowest BCUT2D eigenvalue weighted by Crippen LogP contribution is -2.31. The van der Waals surface area contributed by atoms with Crippen LogP contribution in [-0.4, -0.2) is 46.2 Å². The Morgan fingerprint density at radius 2 is 1.65 bits per heavy atom. The molecular weight excluding hydrogens is 467 g/mol. The first-order valence-corrected chi connectivity index (χ1v) is 11.9. The van der Waals surface area contributed by atoms with Gasteiger partial charge in [0.1, 0.15) is 0 Å². The maximum atomic E-state index is 4.93. The molecule has 2 unspecified atom stereocenters. The van der Waals surface area contributed by atoms with E-state index in [-0.39, 0.29) is 24.8 Å². The van der Waals surface area contributed by atoms with Crippen LogP contribution in [0.3, 0.4) is 0 Å². The number of halogens is 2. The van der Waals surface area contributed by atoms with Crippen molar-refractivity contribution in [3.63, 3.8) is 0 Å². The molecule has 3 aliphatic heterocycles. The zero-order valence-electron chi connectivity index (χ0n) is 17.0. The molecule has 2 aromatic rings. The summed E-state index contributed by atoms with van der Waals surface area (Å²) < 4.78 is 0. The average molecular weight is 494 g/mol. The highest BCUT2D eigenvalue weighted by Crippen LogP contribution is 2.34. The average Bonchev–Trinajstić information content (AvgIpc) is 3.45. The smallest absolute Gasteiger partial charge is 0.168 e. The molecule has 3 heterocycles. The van der Waals surface area contributed by atoms with Crippen molar-refractivity contribution < 1.29 is 0 Å². The van der Waals surface area contributed by atoms with Crippen LogP contribution in [0.15, 0.2) is 81.8 Å². The predicted molar refractivity (Wildman–Crippen MR) is 140 cm³/mol. The lowest BCUT2D eigenvalue weighted by molar-refractivity contribution is 0.512. The molecule has 0 aromatic heterocycles. The van der Waals surface area contributed by atoms with Crippen molar-refractivity contribution in [3.05, 3.63) is 82.9 Å². The highest BCUT2D eigenvalue weighted by atomic mass is 35.5. The first-order chi connectivity index (χ1) is 14.3. The Kier molecular flexibility index (Phi) is 8.78. The Hall–Kier alpha value is -1.60. The molecule has 0 amide bonds. The quantitative estimate of drug-likeness (QED) is 0.615. The van der Waals surface area contributed by atoms with E-state index in [1.54, 1.807) is 11.8 Å². The van der Waals surface area contributed by atoms with Crippen molar-refractivity contribution in [2.75, 3.05) is 18.8 Å². The number of aliphatic imine (C=N–C) groups is 2. The topological polar surface area (TPSA) is 40.0 Å². The lowest BCUT2D eigenvalue weighted by Gasteiger charge is -2.18. The van der Waals surface area contributed by atoms with Gasteiger partial charge in [0, 0.05) is 18.0 Å². The summed E-state index contributed by atoms with van der Waals surface area (Å²) in [5.74, 6) is 0.938. The summed E-state index contributed by atoms with van der Waals surface area (Å²) in [6, 6.07) is 22.1. The van der Waals surface area contributed by atoms with E-state index >= 15 is 0 Å². The van der Waals surface area contributed by atoms with E-state index in [2.05, 4.69) is 76.3 Å². The molecule has 4 nitrogen and oxygen atoms in total. The molecule has 0 spiro atoms. The van der Waals surface area contributed by atoms with E-state index < -0.39 is 0 Å². The molecule has 0 saturated heterocycles. The Morgan fingerprint density at radius 3 is 2.35 bits per heavy atom. The molecule has 0 saturated carbocycles. The maximum absolute atomic E-state index is 4.93. The number of fused-ring (bicyclic) bond motifs is 1. The minimum atomic E-state index is 0. The van der Waals surface area contributed by atoms with E-state index in [1.807, 2.05) is 11.8 Å². The third-order valence-electron chi connectivity index (χ3n) is 5.34. The van der Waals surface area contributed by atoms with Gasteiger partial charge in [0.05, 0.1) is 18.6 Å². The minimum Gasteiger partial charge on any atom is -0.360 e. The number of nitrogens with zero attached hydrogens (tertiary/aromatic N) is 3. The van der Waals surface area contributed by atoms with Crippen LogP contribution in [0.4, 0.5) is 0 Å². The molecule has 1 N–H and O–H groups in total. The van der Waals surface area contributed by atoms with Gasteiger partial charge in [-0.2, -0.15) is 0 Å². The summed E-state index contributed by atoms with van der Waals surface area (Å²) in [4.78, 5) is 12.0. The van der Waals surface area contributed by atoms with Crippen molar-refractivity contribution >= 4 is 58.7 Å². The van der Waals surface area contributed by atoms with Gasteiger partial charge < -0.3 is 10.2 Å². The van der Waals surface area contributed by atoms with Gasteiger partial charge in [-0.3, -0.25) is 9.98 Å². The number of amidine groups is 2. The third kappa shape index (κ3) is 6.01. The van der Waals surface area contributed by atoms with Gasteiger partial charge in [0.2, 0.25) is 0 Å². The first kappa shape index (κ1) is 24.1. The Morgan fingerprint density at radius 1 is 0.968 bits per heavy atom. The van der Waals surface area contributed by atoms with Crippen LogP contribution in [0.2, 0.25) is 0 Å². The molecule has 8 heteroatoms. The van der Waals surface area contributed by atoms with Crippen molar-refractivity contribution in [2.45, 2.75) is 24.9 Å². The number of benzene rings is 2. The van der Waals surface area contributed by atoms with Gasteiger partial charge in [-0.1, -0.05) is 84.2 Å². The standard InChI is InChI=1S/C23H24N4S2.2ClH/c1-3-7-17(8-4-1)11-19-13-24-22(25-19)28-15-21-16-29-23-26-20(14-27(21)23)12-18-9-5-2-6-10-18;;/h1-10,16,19-20H,11-15H2,(H,24,25);2*1H. The van der Waals surface area contributed by atoms with Gasteiger partial charge in [-0.15, -0.1) is 24.8 Å². The molecule has 5 rings (SSSR count). The molecule has 0 fully saturated rings. The Labute approximate surface area is 204 Å². The molecule has 164 valence electrons. The molecule has 0 aliphatic carbocycles. The van der Waals surface area contributed by atoms with Crippen molar-refractivity contribution in [1.29, 1.82) is 0 Å². The highest BCUT2D eigenvalue weighted by Gasteiger charge is 2.32. The molecule has 0 radical (unpaired) electrons. The summed E-state index contributed by atoms with van der Waals surface area (Å²) in [6.45, 7) is 1.85. The van der Waals surface area contributed by atoms with E-state index in [0.29, 0.717) is 12.1 Å². The van der Waals surface area contributed by atoms with Crippen LogP contribution in [0.5, 0.6) is 0 Å². The van der Waals surface area contributed by atoms with E-state index in [0.717, 1.165) is 42.0 Å². The summed E-state index contributed by atoms with van der Waals surface area (Å²) in [6.07, 6.45) is 2.04. The monoisotopic (exact) mass is 492 g/mol. The SMILES string of the molecule is C1=C(CSC2=NCC(Cc3ccccc3)N2)N2CC(Cc3ccccc3)N=C2S1.Cl.Cl. The number of hydrogen-bond acceptors (Lipinski definition) is 6. The predicted octanol–water partition coefficient (Wildman–Crippen LogP) is 5.00. The summed E-state index contributed by atoms with van der Waals surface area (Å²) in [7, 11) is 0. The van der Waals surface area contributed by atoms with Crippen LogP contribution in [0.25, 0.3) is 0 Å². The summed E-state index contributed by atoms with van der Waals surface area (Å²) in [5.41, 5.74) is 4.08. The van der Waals surface area contributed by atoms with E-state index in [1.165, 1.54) is 16.8 Å². The Bertz CT molecular complexity index is 951. The van der Waals surface area contributed by atoms with E-state index in [9.17, 15) is 0 Å². The maximum Gasteiger partial charge on any atom is 0.168 e. The minimum absolute atomic E-state index is 0. The fourth-order valence-electron chi connectivity index (χ4n) is 3.89. The number of nitrogens with one attached hydrogen (secondary N) is 1. The first-order valence-electron chi connectivity index (χ1n) is 10.1. The highest BCUT2D eigenvalue weighted by molar-refractivity contribution is 8.17. The van der Waals surface area contributed by atoms with Gasteiger partial charge in [0.25, 0.3) is 0 Å². The number of rotatable bonds is 6. The lowest BCUT2D eigenvalue weighted by atomic mass is 10.1. The van der Waals surface area contributed by atoms with Crippen LogP contribution in [0.1, 0.15) is 11.1 Å². The molecular formula is C23H26Cl2N4S2. The van der Waals surface area contributed by atoms with Crippen LogP contribution >= 0.6 is 48.3 Å². The second-order valence-corrected chi connectivity index (χ2v) is 9.36. The van der Waals surface area contributed by atoms with Gasteiger partial charge >= 0.3 is 0 Å². The molecule has 3 aliphatic rings. The van der Waals surface area contributed by atoms with Crippen LogP contribution < -0.4 is 5.32 Å². The van der Waals surface area contributed by atoms with Crippen molar-refractivity contribution in [3.8, 4) is 0 Å². The summed E-state index contributed by atoms with van der Waals surface area (Å²) in [5, 5.41) is 8.07. The van der Waals surface area contributed by atoms with Gasteiger partial charge in [0.15, 0.2) is 10.3 Å². The second-order valence-electron chi connectivity index (χ2n) is 7.56. The molecule has 2 atom stereocenters. The third-order valence-corrected chi connectivity index (χ3v) is 7.23. The zero-order chi connectivity index (χ0) is 19.5. The largest absolute Gasteiger partial charge is 0.360 e. The van der Waals surface area contributed by atoms with Gasteiger partial charge in [-0.05, 0) is 29.4 Å². The second kappa shape index (κ2) is 11.3. The number of hydrogen-bond donors (Lipinski definition) is 1. The summed E-state index contributed by atoms with van der Waals surface area (Å²) >= 11 is 3.57. The molecule has 0 bridgehead atoms. The molecule has 2 aromatic carbocycles. The van der Waals surface area contributed by atoms with Crippen LogP contribution in [-0.2, 0) is 12.8 Å². The van der Waals surface area contributed by atoms with Gasteiger partial charge in [-0.25, -0.2) is 0 Å². The van der Waals surface area contributed by atoms with Crippen molar-refractivity contribution in [1.82, 2.24) is 10.2 Å². The fraction of sp³-hybridized carbons (Fsp3) is 0.304. The normalized spacial score (nSPS) is 21.3. The fourth-order valence-corrected chi connectivity index (χ4v) is 5.91. The van der Waals surface area contributed by atoms with Crippen LogP contribution in [0, 0.1) is 0 Å².